The van der Waals surface area contributed by atoms with E-state index in [1.165, 1.54) is 154 Å². The third kappa shape index (κ3) is 45.0. The predicted molar refractivity (Wildman–Crippen MR) is 213 cm³/mol. The normalized spacial score (nSPS) is 12.0. The van der Waals surface area contributed by atoms with Gasteiger partial charge >= 0.3 is 13.4 Å². The van der Waals surface area contributed by atoms with Crippen molar-refractivity contribution in [2.45, 2.75) is 214 Å². The lowest BCUT2D eigenvalue weighted by atomic mass is 10.1. The Kier molecular flexibility index (Phi) is 42.5. The van der Waals surface area contributed by atoms with Crippen molar-refractivity contribution in [2.24, 2.45) is 0 Å². The maximum Gasteiger partial charge on any atom is 0.327 e. The van der Waals surface area contributed by atoms with Gasteiger partial charge in [-0.15, -0.1) is 0 Å². The number of hydrogen-bond donors (Lipinski definition) is 2. The van der Waals surface area contributed by atoms with Crippen molar-refractivity contribution in [3.8, 4) is 0 Å². The Balaban J connectivity index is 0. The van der Waals surface area contributed by atoms with Crippen LogP contribution in [0.15, 0.2) is 0 Å². The minimum Gasteiger partial charge on any atom is -0.325 e. The molecular formula is C37H80O6P2S2. The molecule has 0 unspecified atom stereocenters. The summed E-state index contributed by atoms with van der Waals surface area (Å²) in [6, 6.07) is 0. The average molecular weight is 747 g/mol. The maximum atomic E-state index is 8.84. The smallest absolute Gasteiger partial charge is 0.325 e. The number of unbranched alkanes of at least 4 members (excludes halogenated alkanes) is 25. The van der Waals surface area contributed by atoms with Crippen LogP contribution in [0.5, 0.6) is 0 Å². The fourth-order valence-electron chi connectivity index (χ4n) is 5.24. The Hall–Kier alpha value is 1.06. The molecule has 0 spiro atoms. The lowest BCUT2D eigenvalue weighted by Gasteiger charge is -2.22. The highest BCUT2D eigenvalue weighted by atomic mass is 32.5. The second-order valence-corrected chi connectivity index (χ2v) is 18.8. The molecule has 10 heteroatoms. The van der Waals surface area contributed by atoms with E-state index in [4.69, 9.17) is 39.7 Å². The molecule has 0 amide bonds. The first-order chi connectivity index (χ1) is 22.7. The van der Waals surface area contributed by atoms with Crippen LogP contribution < -0.4 is 0 Å². The van der Waals surface area contributed by atoms with E-state index in [0.717, 1.165) is 32.1 Å². The van der Waals surface area contributed by atoms with Crippen LogP contribution in [-0.2, 0) is 41.7 Å². The summed E-state index contributed by atoms with van der Waals surface area (Å²) in [5.41, 5.74) is 0. The van der Waals surface area contributed by atoms with E-state index in [-0.39, 0.29) is 0 Å². The summed E-state index contributed by atoms with van der Waals surface area (Å²) in [7, 11) is 0. The molecule has 0 aliphatic heterocycles. The third-order valence-corrected chi connectivity index (χ3v) is 11.5. The van der Waals surface area contributed by atoms with E-state index >= 15 is 0 Å². The minimum absolute atomic E-state index is 0.376. The summed E-state index contributed by atoms with van der Waals surface area (Å²) in [5.74, 6) is 0. The number of hydrogen-bond acceptors (Lipinski definition) is 6. The molecule has 0 saturated heterocycles. The van der Waals surface area contributed by atoms with Gasteiger partial charge in [0, 0.05) is 0 Å². The molecule has 0 aromatic carbocycles. The van der Waals surface area contributed by atoms with Gasteiger partial charge in [-0.25, -0.2) is 0 Å². The fourth-order valence-corrected chi connectivity index (χ4v) is 7.78. The number of rotatable bonds is 37. The molecule has 0 bridgehead atoms. The van der Waals surface area contributed by atoms with Crippen LogP contribution in [0.4, 0.5) is 0 Å². The van der Waals surface area contributed by atoms with E-state index in [0.29, 0.717) is 26.4 Å². The quantitative estimate of drug-likeness (QED) is 0.0481. The van der Waals surface area contributed by atoms with Crippen molar-refractivity contribution >= 4 is 37.1 Å². The van der Waals surface area contributed by atoms with Gasteiger partial charge in [-0.3, -0.25) is 0 Å². The van der Waals surface area contributed by atoms with Crippen LogP contribution >= 0.6 is 13.4 Å². The van der Waals surface area contributed by atoms with E-state index in [1.54, 1.807) is 0 Å². The zero-order chi connectivity index (χ0) is 35.2. The van der Waals surface area contributed by atoms with Gasteiger partial charge in [0.2, 0.25) is 0 Å². The van der Waals surface area contributed by atoms with E-state index in [1.807, 2.05) is 0 Å². The summed E-state index contributed by atoms with van der Waals surface area (Å²) in [6.45, 7) is 5.42. The molecule has 0 saturated carbocycles. The van der Waals surface area contributed by atoms with Gasteiger partial charge in [0.1, 0.15) is 0 Å². The van der Waals surface area contributed by atoms with Gasteiger partial charge < -0.3 is 27.9 Å². The molecule has 0 radical (unpaired) electrons. The average Bonchev–Trinajstić information content (AvgIpc) is 3.04. The highest BCUT2D eigenvalue weighted by Crippen LogP contribution is 2.50. The maximum absolute atomic E-state index is 8.84. The van der Waals surface area contributed by atoms with Crippen molar-refractivity contribution in [3.63, 3.8) is 0 Å². The molecule has 0 atom stereocenters. The minimum atomic E-state index is -3.41. The Morgan fingerprint density at radius 3 is 0.723 bits per heavy atom. The van der Waals surface area contributed by atoms with Gasteiger partial charge in [-0.2, -0.15) is 0 Å². The van der Waals surface area contributed by atoms with Crippen molar-refractivity contribution in [2.75, 3.05) is 26.4 Å². The predicted octanol–water partition coefficient (Wildman–Crippen LogP) is 13.9. The molecule has 0 aromatic heterocycles. The molecule has 0 aliphatic carbocycles. The largest absolute Gasteiger partial charge is 0.327 e. The zero-order valence-electron chi connectivity index (χ0n) is 31.6. The van der Waals surface area contributed by atoms with Crippen LogP contribution in [0.1, 0.15) is 214 Å². The molecule has 0 rings (SSSR count). The van der Waals surface area contributed by atoms with Crippen LogP contribution in [0.2, 0.25) is 0 Å². The summed E-state index contributed by atoms with van der Waals surface area (Å²) in [4.78, 5) is 17.7. The molecule has 0 heterocycles. The van der Waals surface area contributed by atoms with E-state index < -0.39 is 13.4 Å². The van der Waals surface area contributed by atoms with Crippen LogP contribution in [0.25, 0.3) is 0 Å². The molecule has 0 aromatic rings. The Labute approximate surface area is 304 Å². The fraction of sp³-hybridized carbons (Fsp3) is 1.00. The monoisotopic (exact) mass is 746 g/mol. The lowest BCUT2D eigenvalue weighted by molar-refractivity contribution is 0.150. The molecule has 2 N–H and O–H groups in total. The summed E-state index contributed by atoms with van der Waals surface area (Å²) >= 11 is 10.1. The highest BCUT2D eigenvalue weighted by molar-refractivity contribution is 8.07. The SMILES string of the molecule is CCCCCCCCCCCCCOP(O)(O)=S.CCCCCCCCOP(=S)(OCCCCCCCC)OCCCCCCCC. The van der Waals surface area contributed by atoms with Crippen molar-refractivity contribution in [1.29, 1.82) is 0 Å². The zero-order valence-corrected chi connectivity index (χ0v) is 35.0. The molecule has 286 valence electrons. The molecule has 47 heavy (non-hydrogen) atoms. The lowest BCUT2D eigenvalue weighted by Crippen LogP contribution is -2.04. The summed E-state index contributed by atoms with van der Waals surface area (Å²) < 4.78 is 22.8. The van der Waals surface area contributed by atoms with Gasteiger partial charge in [0.25, 0.3) is 0 Å². The van der Waals surface area contributed by atoms with Crippen molar-refractivity contribution < 1.29 is 27.9 Å². The van der Waals surface area contributed by atoms with Gasteiger partial charge in [0.05, 0.1) is 26.4 Å². The Morgan fingerprint density at radius 1 is 0.319 bits per heavy atom. The highest BCUT2D eigenvalue weighted by Gasteiger charge is 2.20. The second kappa shape index (κ2) is 39.8. The van der Waals surface area contributed by atoms with E-state index in [9.17, 15) is 0 Å². The summed E-state index contributed by atoms with van der Waals surface area (Å²) in [6.07, 6.45) is 36.5. The topological polar surface area (TPSA) is 77.4 Å². The molecule has 6 nitrogen and oxygen atoms in total. The van der Waals surface area contributed by atoms with Crippen LogP contribution in [0, 0.1) is 0 Å². The van der Waals surface area contributed by atoms with Crippen molar-refractivity contribution in [1.82, 2.24) is 0 Å². The van der Waals surface area contributed by atoms with E-state index in [2.05, 4.69) is 39.5 Å². The van der Waals surface area contributed by atoms with Gasteiger partial charge in [-0.1, -0.05) is 188 Å². The van der Waals surface area contributed by atoms with Gasteiger partial charge in [0.15, 0.2) is 0 Å². The van der Waals surface area contributed by atoms with Crippen LogP contribution in [-0.4, -0.2) is 36.2 Å². The molecule has 0 aliphatic rings. The first kappa shape index (κ1) is 50.2. The first-order valence-electron chi connectivity index (χ1n) is 20.0. The standard InChI is InChI=1S/C24H51O3PS.C13H29O3PS/c1-4-7-10-13-16-19-22-25-28(29,26-23-20-17-14-11-8-5-2)27-24-21-18-15-12-9-6-3;1-2-3-4-5-6-7-8-9-10-11-12-13-16-17(14,15)18/h4-24H2,1-3H3;2-13H2,1H3,(H2,14,15,18). The van der Waals surface area contributed by atoms with Crippen molar-refractivity contribution in [3.05, 3.63) is 0 Å². The Bertz CT molecular complexity index is 643. The second-order valence-electron chi connectivity index (χ2n) is 13.1. The summed E-state index contributed by atoms with van der Waals surface area (Å²) in [5, 5.41) is 0. The molecular weight excluding hydrogens is 666 g/mol. The molecule has 0 fully saturated rings. The first-order valence-corrected chi connectivity index (χ1v) is 25.2. The van der Waals surface area contributed by atoms with Crippen LogP contribution in [0.3, 0.4) is 0 Å². The third-order valence-electron chi connectivity index (χ3n) is 8.25. The Morgan fingerprint density at radius 2 is 0.511 bits per heavy atom. The van der Waals surface area contributed by atoms with Gasteiger partial charge in [-0.05, 0) is 49.3 Å².